The average molecular weight is 399 g/mol. The fourth-order valence-corrected chi connectivity index (χ4v) is 3.97. The van der Waals surface area contributed by atoms with Gasteiger partial charge in [0.05, 0.1) is 11.4 Å². The number of benzene rings is 3. The standard InChI is InChI=1S/C23H17N3O2S/c27-22(15-28-18-10-9-16-5-1-2-6-17(16)13-18)24-20-8-4-3-7-19(20)21-14-26-11-12-29-23(26)25-21/h1-14H,15H2,(H,24,27). The van der Waals surface area contributed by atoms with Gasteiger partial charge in [0, 0.05) is 23.3 Å². The Morgan fingerprint density at radius 3 is 2.76 bits per heavy atom. The van der Waals surface area contributed by atoms with Crippen LogP contribution < -0.4 is 10.1 Å². The lowest BCUT2D eigenvalue weighted by Gasteiger charge is -2.11. The zero-order valence-corrected chi connectivity index (χ0v) is 16.2. The number of rotatable bonds is 5. The molecular formula is C23H17N3O2S. The minimum Gasteiger partial charge on any atom is -0.484 e. The highest BCUT2D eigenvalue weighted by atomic mass is 32.1. The summed E-state index contributed by atoms with van der Waals surface area (Å²) in [6.07, 6.45) is 3.93. The topological polar surface area (TPSA) is 55.6 Å². The molecule has 6 heteroatoms. The number of nitrogens with one attached hydrogen (secondary N) is 1. The van der Waals surface area contributed by atoms with Crippen LogP contribution in [-0.2, 0) is 4.79 Å². The van der Waals surface area contributed by atoms with Crippen LogP contribution in [0.4, 0.5) is 5.69 Å². The summed E-state index contributed by atoms with van der Waals surface area (Å²) in [4.78, 5) is 18.0. The van der Waals surface area contributed by atoms with E-state index in [9.17, 15) is 4.79 Å². The van der Waals surface area contributed by atoms with Gasteiger partial charge in [0.2, 0.25) is 0 Å². The predicted octanol–water partition coefficient (Wildman–Crippen LogP) is 5.23. The third-order valence-electron chi connectivity index (χ3n) is 4.66. The van der Waals surface area contributed by atoms with E-state index in [1.807, 2.05) is 88.9 Å². The fraction of sp³-hybridized carbons (Fsp3) is 0.0435. The Kier molecular flexibility index (Phi) is 4.46. The second-order valence-corrected chi connectivity index (χ2v) is 7.48. The molecule has 0 unspecified atom stereocenters. The molecule has 1 N–H and O–H groups in total. The van der Waals surface area contributed by atoms with Gasteiger partial charge in [-0.2, -0.15) is 0 Å². The number of hydrogen-bond donors (Lipinski definition) is 1. The number of thiazole rings is 1. The number of amides is 1. The van der Waals surface area contributed by atoms with Crippen LogP contribution in [0.3, 0.4) is 0 Å². The van der Waals surface area contributed by atoms with Crippen molar-refractivity contribution in [3.63, 3.8) is 0 Å². The highest BCUT2D eigenvalue weighted by molar-refractivity contribution is 7.15. The Bertz CT molecular complexity index is 1290. The van der Waals surface area contributed by atoms with Crippen molar-refractivity contribution in [2.75, 3.05) is 11.9 Å². The van der Waals surface area contributed by atoms with E-state index in [-0.39, 0.29) is 12.5 Å². The number of hydrogen-bond acceptors (Lipinski definition) is 4. The van der Waals surface area contributed by atoms with Gasteiger partial charge in [0.1, 0.15) is 5.75 Å². The molecule has 0 aliphatic heterocycles. The Morgan fingerprint density at radius 2 is 1.86 bits per heavy atom. The molecule has 0 saturated heterocycles. The molecule has 2 heterocycles. The molecule has 0 aliphatic carbocycles. The highest BCUT2D eigenvalue weighted by Crippen LogP contribution is 2.28. The molecule has 0 bridgehead atoms. The lowest BCUT2D eigenvalue weighted by atomic mass is 10.1. The lowest BCUT2D eigenvalue weighted by molar-refractivity contribution is -0.118. The van der Waals surface area contributed by atoms with Crippen molar-refractivity contribution in [3.8, 4) is 17.0 Å². The van der Waals surface area contributed by atoms with Gasteiger partial charge < -0.3 is 10.1 Å². The maximum atomic E-state index is 12.5. The number of para-hydroxylation sites is 1. The van der Waals surface area contributed by atoms with Crippen molar-refractivity contribution in [2.24, 2.45) is 0 Å². The Morgan fingerprint density at radius 1 is 1.03 bits per heavy atom. The maximum absolute atomic E-state index is 12.5. The quantitative estimate of drug-likeness (QED) is 0.440. The molecule has 0 aliphatic rings. The molecule has 2 aromatic heterocycles. The molecule has 1 amide bonds. The smallest absolute Gasteiger partial charge is 0.262 e. The van der Waals surface area contributed by atoms with Gasteiger partial charge in [0.25, 0.3) is 5.91 Å². The van der Waals surface area contributed by atoms with E-state index in [1.54, 1.807) is 11.3 Å². The van der Waals surface area contributed by atoms with Crippen molar-refractivity contribution < 1.29 is 9.53 Å². The van der Waals surface area contributed by atoms with Gasteiger partial charge in [-0.05, 0) is 29.0 Å². The SMILES string of the molecule is O=C(COc1ccc2ccccc2c1)Nc1ccccc1-c1cn2ccsc2n1. The number of aromatic nitrogens is 2. The summed E-state index contributed by atoms with van der Waals surface area (Å²) in [6, 6.07) is 21.5. The minimum absolute atomic E-state index is 0.0645. The molecule has 3 aromatic carbocycles. The van der Waals surface area contributed by atoms with Crippen molar-refractivity contribution >= 4 is 38.7 Å². The first-order chi connectivity index (χ1) is 14.3. The molecule has 0 atom stereocenters. The second kappa shape index (κ2) is 7.41. The van der Waals surface area contributed by atoms with Crippen LogP contribution in [0, 0.1) is 0 Å². The van der Waals surface area contributed by atoms with E-state index in [2.05, 4.69) is 10.3 Å². The summed E-state index contributed by atoms with van der Waals surface area (Å²) >= 11 is 1.57. The number of anilines is 1. The molecule has 5 nitrogen and oxygen atoms in total. The van der Waals surface area contributed by atoms with Crippen LogP contribution >= 0.6 is 11.3 Å². The summed E-state index contributed by atoms with van der Waals surface area (Å²) < 4.78 is 7.67. The summed E-state index contributed by atoms with van der Waals surface area (Å²) in [6.45, 7) is -0.0645. The van der Waals surface area contributed by atoms with Crippen molar-refractivity contribution in [1.29, 1.82) is 0 Å². The molecule has 0 saturated carbocycles. The Hall–Kier alpha value is -3.64. The van der Waals surface area contributed by atoms with Crippen molar-refractivity contribution in [2.45, 2.75) is 0 Å². The van der Waals surface area contributed by atoms with E-state index in [4.69, 9.17) is 4.74 Å². The Labute approximate surface area is 171 Å². The van der Waals surface area contributed by atoms with Gasteiger partial charge >= 0.3 is 0 Å². The lowest BCUT2D eigenvalue weighted by Crippen LogP contribution is -2.20. The number of imidazole rings is 1. The van der Waals surface area contributed by atoms with E-state index < -0.39 is 0 Å². The molecule has 5 rings (SSSR count). The van der Waals surface area contributed by atoms with E-state index >= 15 is 0 Å². The third kappa shape index (κ3) is 3.58. The summed E-state index contributed by atoms with van der Waals surface area (Å²) in [7, 11) is 0. The largest absolute Gasteiger partial charge is 0.484 e. The number of carbonyl (C=O) groups is 1. The van der Waals surface area contributed by atoms with Crippen LogP contribution in [0.25, 0.3) is 27.0 Å². The van der Waals surface area contributed by atoms with Crippen LogP contribution in [0.15, 0.2) is 84.5 Å². The summed E-state index contributed by atoms with van der Waals surface area (Å²) in [5.74, 6) is 0.452. The van der Waals surface area contributed by atoms with Gasteiger partial charge in [-0.1, -0.05) is 48.5 Å². The molecular weight excluding hydrogens is 382 g/mol. The fourth-order valence-electron chi connectivity index (χ4n) is 3.27. The molecule has 0 radical (unpaired) electrons. The molecule has 0 spiro atoms. The highest BCUT2D eigenvalue weighted by Gasteiger charge is 2.12. The van der Waals surface area contributed by atoms with Gasteiger partial charge in [-0.3, -0.25) is 9.20 Å². The summed E-state index contributed by atoms with van der Waals surface area (Å²) in [5, 5.41) is 7.15. The van der Waals surface area contributed by atoms with Crippen molar-refractivity contribution in [3.05, 3.63) is 84.5 Å². The third-order valence-corrected chi connectivity index (χ3v) is 5.43. The van der Waals surface area contributed by atoms with Gasteiger partial charge in [0.15, 0.2) is 11.6 Å². The first-order valence-corrected chi connectivity index (χ1v) is 10.1. The van der Waals surface area contributed by atoms with Crippen LogP contribution in [0.5, 0.6) is 5.75 Å². The minimum atomic E-state index is -0.216. The number of ether oxygens (including phenoxy) is 1. The van der Waals surface area contributed by atoms with Gasteiger partial charge in [-0.15, -0.1) is 11.3 Å². The first-order valence-electron chi connectivity index (χ1n) is 9.19. The van der Waals surface area contributed by atoms with Crippen LogP contribution in [0.1, 0.15) is 0 Å². The zero-order chi connectivity index (χ0) is 19.6. The van der Waals surface area contributed by atoms with E-state index in [0.717, 1.165) is 27.0 Å². The zero-order valence-electron chi connectivity index (χ0n) is 15.4. The predicted molar refractivity (Wildman–Crippen MR) is 117 cm³/mol. The molecule has 5 aromatic rings. The number of fused-ring (bicyclic) bond motifs is 2. The average Bonchev–Trinajstić information content (AvgIpc) is 3.35. The normalized spacial score (nSPS) is 11.0. The molecule has 142 valence electrons. The van der Waals surface area contributed by atoms with E-state index in [0.29, 0.717) is 11.4 Å². The van der Waals surface area contributed by atoms with E-state index in [1.165, 1.54) is 0 Å². The number of carbonyl (C=O) groups excluding carboxylic acids is 1. The second-order valence-electron chi connectivity index (χ2n) is 6.61. The van der Waals surface area contributed by atoms with Crippen LogP contribution in [0.2, 0.25) is 0 Å². The molecule has 29 heavy (non-hydrogen) atoms. The van der Waals surface area contributed by atoms with Crippen LogP contribution in [-0.4, -0.2) is 21.9 Å². The maximum Gasteiger partial charge on any atom is 0.262 e. The Balaban J connectivity index is 1.31. The van der Waals surface area contributed by atoms with Gasteiger partial charge in [-0.25, -0.2) is 4.98 Å². The first kappa shape index (κ1) is 17.5. The van der Waals surface area contributed by atoms with Crippen molar-refractivity contribution in [1.82, 2.24) is 9.38 Å². The monoisotopic (exact) mass is 399 g/mol. The molecule has 0 fully saturated rings. The number of nitrogens with zero attached hydrogens (tertiary/aromatic N) is 2. The summed E-state index contributed by atoms with van der Waals surface area (Å²) in [5.41, 5.74) is 2.41.